The first-order valence-corrected chi connectivity index (χ1v) is 10.6. The van der Waals surface area contributed by atoms with Crippen molar-refractivity contribution in [1.29, 1.82) is 0 Å². The Morgan fingerprint density at radius 2 is 2.12 bits per heavy atom. The third-order valence-electron chi connectivity index (χ3n) is 4.06. The zero-order chi connectivity index (χ0) is 17.7. The van der Waals surface area contributed by atoms with Gasteiger partial charge >= 0.3 is 0 Å². The van der Waals surface area contributed by atoms with Gasteiger partial charge in [0.2, 0.25) is 10.0 Å². The van der Waals surface area contributed by atoms with Crippen LogP contribution in [-0.4, -0.2) is 45.4 Å². The summed E-state index contributed by atoms with van der Waals surface area (Å²) >= 11 is 1.52. The molecule has 0 atom stereocenters. The summed E-state index contributed by atoms with van der Waals surface area (Å²) in [5, 5.41) is 7.05. The standard InChI is InChI=1S/C17H21N3O3S2/c21-17(20-8-2-6-18-7-9-20)15-3-1-4-16(11-15)25(22,23)19-12-14-5-10-24-13-14/h1,3-5,10-11,13,18-19H,2,6-9,12H2. The van der Waals surface area contributed by atoms with Crippen LogP contribution in [0.25, 0.3) is 0 Å². The number of nitrogens with one attached hydrogen (secondary N) is 2. The molecule has 0 aliphatic carbocycles. The van der Waals surface area contributed by atoms with Gasteiger partial charge in [0, 0.05) is 31.7 Å². The van der Waals surface area contributed by atoms with Crippen LogP contribution in [0, 0.1) is 0 Å². The SMILES string of the molecule is O=C(c1cccc(S(=O)(=O)NCc2ccsc2)c1)N1CCCNCC1. The van der Waals surface area contributed by atoms with E-state index in [2.05, 4.69) is 10.0 Å². The van der Waals surface area contributed by atoms with Gasteiger partial charge in [0.05, 0.1) is 4.90 Å². The molecule has 6 nitrogen and oxygen atoms in total. The molecule has 1 aliphatic rings. The van der Waals surface area contributed by atoms with Crippen LogP contribution in [0.3, 0.4) is 0 Å². The van der Waals surface area contributed by atoms with Gasteiger partial charge in [-0.3, -0.25) is 4.79 Å². The number of hydrogen-bond acceptors (Lipinski definition) is 5. The zero-order valence-corrected chi connectivity index (χ0v) is 15.4. The molecule has 8 heteroatoms. The second kappa shape index (κ2) is 8.09. The van der Waals surface area contributed by atoms with Crippen molar-refractivity contribution in [3.63, 3.8) is 0 Å². The van der Waals surface area contributed by atoms with E-state index in [0.29, 0.717) is 18.7 Å². The Labute approximate surface area is 151 Å². The molecule has 1 aromatic carbocycles. The summed E-state index contributed by atoms with van der Waals surface area (Å²) in [6, 6.07) is 8.12. The Bertz CT molecular complexity index is 811. The molecule has 3 rings (SSSR count). The summed E-state index contributed by atoms with van der Waals surface area (Å²) < 4.78 is 27.6. The van der Waals surface area contributed by atoms with Gasteiger partial charge in [-0.2, -0.15) is 11.3 Å². The fraction of sp³-hybridized carbons (Fsp3) is 0.353. The van der Waals surface area contributed by atoms with E-state index in [-0.39, 0.29) is 17.3 Å². The normalized spacial score (nSPS) is 15.8. The fourth-order valence-corrected chi connectivity index (χ4v) is 4.41. The van der Waals surface area contributed by atoms with Crippen LogP contribution >= 0.6 is 11.3 Å². The van der Waals surface area contributed by atoms with Crippen LogP contribution in [-0.2, 0) is 16.6 Å². The highest BCUT2D eigenvalue weighted by Crippen LogP contribution is 2.15. The van der Waals surface area contributed by atoms with Crippen LogP contribution in [0.2, 0.25) is 0 Å². The average molecular weight is 380 g/mol. The number of carbonyl (C=O) groups excluding carboxylic acids is 1. The molecular weight excluding hydrogens is 358 g/mol. The van der Waals surface area contributed by atoms with Crippen molar-refractivity contribution < 1.29 is 13.2 Å². The topological polar surface area (TPSA) is 78.5 Å². The summed E-state index contributed by atoms with van der Waals surface area (Å²) in [4.78, 5) is 14.5. The number of nitrogens with zero attached hydrogens (tertiary/aromatic N) is 1. The van der Waals surface area contributed by atoms with Crippen molar-refractivity contribution in [2.45, 2.75) is 17.9 Å². The molecule has 0 unspecified atom stereocenters. The second-order valence-corrected chi connectivity index (χ2v) is 8.43. The van der Waals surface area contributed by atoms with E-state index in [4.69, 9.17) is 0 Å². The summed E-state index contributed by atoms with van der Waals surface area (Å²) in [6.45, 7) is 3.20. The van der Waals surface area contributed by atoms with Gasteiger partial charge in [-0.25, -0.2) is 13.1 Å². The molecule has 2 heterocycles. The minimum absolute atomic E-state index is 0.113. The maximum Gasteiger partial charge on any atom is 0.253 e. The number of sulfonamides is 1. The smallest absolute Gasteiger partial charge is 0.253 e. The molecule has 2 aromatic rings. The highest BCUT2D eigenvalue weighted by Gasteiger charge is 2.20. The molecule has 1 saturated heterocycles. The molecule has 1 aliphatic heterocycles. The van der Waals surface area contributed by atoms with Crippen LogP contribution in [0.5, 0.6) is 0 Å². The van der Waals surface area contributed by atoms with E-state index in [1.54, 1.807) is 17.0 Å². The minimum Gasteiger partial charge on any atom is -0.337 e. The van der Waals surface area contributed by atoms with Gasteiger partial charge in [-0.15, -0.1) is 0 Å². The highest BCUT2D eigenvalue weighted by molar-refractivity contribution is 7.89. The van der Waals surface area contributed by atoms with Crippen molar-refractivity contribution in [3.05, 3.63) is 52.2 Å². The van der Waals surface area contributed by atoms with Gasteiger partial charge in [0.1, 0.15) is 0 Å². The number of rotatable bonds is 5. The molecule has 0 spiro atoms. The number of hydrogen-bond donors (Lipinski definition) is 2. The van der Waals surface area contributed by atoms with E-state index >= 15 is 0 Å². The fourth-order valence-electron chi connectivity index (χ4n) is 2.68. The molecule has 2 N–H and O–H groups in total. The van der Waals surface area contributed by atoms with Gasteiger partial charge in [-0.05, 0) is 53.6 Å². The van der Waals surface area contributed by atoms with Crippen molar-refractivity contribution in [1.82, 2.24) is 14.9 Å². The van der Waals surface area contributed by atoms with Crippen LogP contribution in [0.4, 0.5) is 0 Å². The lowest BCUT2D eigenvalue weighted by Crippen LogP contribution is -2.34. The lowest BCUT2D eigenvalue weighted by atomic mass is 10.2. The minimum atomic E-state index is -3.66. The van der Waals surface area contributed by atoms with Crippen molar-refractivity contribution in [2.75, 3.05) is 26.2 Å². The first kappa shape index (κ1) is 18.1. The molecule has 1 amide bonds. The lowest BCUT2D eigenvalue weighted by Gasteiger charge is -2.20. The maximum atomic E-state index is 12.7. The van der Waals surface area contributed by atoms with Crippen LogP contribution in [0.1, 0.15) is 22.3 Å². The molecular formula is C17H21N3O3S2. The van der Waals surface area contributed by atoms with E-state index in [1.807, 2.05) is 16.8 Å². The maximum absolute atomic E-state index is 12.7. The van der Waals surface area contributed by atoms with E-state index in [0.717, 1.165) is 25.1 Å². The second-order valence-electron chi connectivity index (χ2n) is 5.88. The van der Waals surface area contributed by atoms with E-state index in [9.17, 15) is 13.2 Å². The molecule has 134 valence electrons. The summed E-state index contributed by atoms with van der Waals surface area (Å²) in [6.07, 6.45) is 0.895. The molecule has 1 aromatic heterocycles. The summed E-state index contributed by atoms with van der Waals surface area (Å²) in [5.74, 6) is -0.126. The largest absolute Gasteiger partial charge is 0.337 e. The molecule has 0 radical (unpaired) electrons. The number of amides is 1. The molecule has 0 bridgehead atoms. The first-order valence-electron chi connectivity index (χ1n) is 8.17. The van der Waals surface area contributed by atoms with Gasteiger partial charge < -0.3 is 10.2 Å². The number of thiophene rings is 1. The van der Waals surface area contributed by atoms with Gasteiger partial charge in [0.15, 0.2) is 0 Å². The average Bonchev–Trinajstić information content (AvgIpc) is 3.00. The Kier molecular flexibility index (Phi) is 5.85. The Morgan fingerprint density at radius 3 is 2.92 bits per heavy atom. The van der Waals surface area contributed by atoms with Crippen LogP contribution in [0.15, 0.2) is 46.0 Å². The number of benzene rings is 1. The third kappa shape index (κ3) is 4.66. The van der Waals surface area contributed by atoms with Crippen molar-refractivity contribution in [2.24, 2.45) is 0 Å². The molecule has 25 heavy (non-hydrogen) atoms. The number of carbonyl (C=O) groups is 1. The highest BCUT2D eigenvalue weighted by atomic mass is 32.2. The first-order chi connectivity index (χ1) is 12.1. The van der Waals surface area contributed by atoms with Crippen molar-refractivity contribution >= 4 is 27.3 Å². The Balaban J connectivity index is 1.74. The third-order valence-corrected chi connectivity index (χ3v) is 6.20. The zero-order valence-electron chi connectivity index (χ0n) is 13.8. The van der Waals surface area contributed by atoms with E-state index < -0.39 is 10.0 Å². The summed E-state index contributed by atoms with van der Waals surface area (Å²) in [5.41, 5.74) is 1.32. The lowest BCUT2D eigenvalue weighted by molar-refractivity contribution is 0.0766. The predicted molar refractivity (Wildman–Crippen MR) is 98.2 cm³/mol. The Hall–Kier alpha value is -1.74. The van der Waals surface area contributed by atoms with E-state index in [1.165, 1.54) is 23.5 Å². The van der Waals surface area contributed by atoms with Crippen LogP contribution < -0.4 is 10.0 Å². The molecule has 0 saturated carbocycles. The quantitative estimate of drug-likeness (QED) is 0.828. The Morgan fingerprint density at radius 1 is 1.24 bits per heavy atom. The summed E-state index contributed by atoms with van der Waals surface area (Å²) in [7, 11) is -3.66. The predicted octanol–water partition coefficient (Wildman–Crippen LogP) is 1.66. The van der Waals surface area contributed by atoms with Gasteiger partial charge in [-0.1, -0.05) is 6.07 Å². The molecule has 1 fully saturated rings. The monoisotopic (exact) mass is 379 g/mol. The van der Waals surface area contributed by atoms with Crippen molar-refractivity contribution in [3.8, 4) is 0 Å². The van der Waals surface area contributed by atoms with Gasteiger partial charge in [0.25, 0.3) is 5.91 Å².